The van der Waals surface area contributed by atoms with Crippen LogP contribution in [-0.4, -0.2) is 57.7 Å². The van der Waals surface area contributed by atoms with E-state index in [9.17, 15) is 10.4 Å². The summed E-state index contributed by atoms with van der Waals surface area (Å²) in [4.78, 5) is 11.2. The van der Waals surface area contributed by atoms with Gasteiger partial charge in [0.1, 0.15) is 17.3 Å². The highest BCUT2D eigenvalue weighted by atomic mass is 16.5. The van der Waals surface area contributed by atoms with Crippen LogP contribution in [0.4, 0.5) is 5.82 Å². The van der Waals surface area contributed by atoms with Crippen LogP contribution in [0.3, 0.4) is 0 Å². The summed E-state index contributed by atoms with van der Waals surface area (Å²) >= 11 is 0. The van der Waals surface area contributed by atoms with Gasteiger partial charge < -0.3 is 25.2 Å². The fourth-order valence-corrected chi connectivity index (χ4v) is 3.80. The number of piperidine rings is 1. The van der Waals surface area contributed by atoms with Crippen LogP contribution < -0.4 is 15.4 Å². The molecule has 1 aliphatic rings. The number of ether oxygens (including phenoxy) is 2. The van der Waals surface area contributed by atoms with Gasteiger partial charge in [0, 0.05) is 50.6 Å². The monoisotopic (exact) mass is 449 g/mol. The lowest BCUT2D eigenvalue weighted by atomic mass is 10.1. The Kier molecular flexibility index (Phi) is 6.84. The van der Waals surface area contributed by atoms with Crippen molar-refractivity contribution in [2.45, 2.75) is 32.0 Å². The molecule has 10 nitrogen and oxygen atoms in total. The summed E-state index contributed by atoms with van der Waals surface area (Å²) in [5.74, 6) is 2.16. The number of nitriles is 1. The smallest absolute Gasteiger partial charge is 0.224 e. The summed E-state index contributed by atoms with van der Waals surface area (Å²) in [5.41, 5.74) is 7.19. The van der Waals surface area contributed by atoms with E-state index in [0.717, 1.165) is 31.7 Å². The Morgan fingerprint density at radius 1 is 1.27 bits per heavy atom. The van der Waals surface area contributed by atoms with Gasteiger partial charge in [-0.1, -0.05) is 0 Å². The Morgan fingerprint density at radius 3 is 2.76 bits per heavy atom. The number of hydrogen-bond acceptors (Lipinski definition) is 9. The van der Waals surface area contributed by atoms with Crippen molar-refractivity contribution in [1.82, 2.24) is 19.7 Å². The molecule has 1 atom stereocenters. The van der Waals surface area contributed by atoms with E-state index in [1.165, 1.54) is 0 Å². The molecule has 1 aromatic carbocycles. The van der Waals surface area contributed by atoms with E-state index in [0.29, 0.717) is 34.3 Å². The predicted octanol–water partition coefficient (Wildman–Crippen LogP) is 2.24. The number of methoxy groups -OCH3 is 1. The van der Waals surface area contributed by atoms with E-state index < -0.39 is 6.10 Å². The first kappa shape index (κ1) is 22.7. The van der Waals surface area contributed by atoms with Gasteiger partial charge in [-0.15, -0.1) is 0 Å². The third-order valence-corrected chi connectivity index (χ3v) is 5.66. The number of benzene rings is 1. The molecule has 0 saturated carbocycles. The first-order chi connectivity index (χ1) is 16.0. The van der Waals surface area contributed by atoms with Crippen LogP contribution in [0.15, 0.2) is 36.7 Å². The Bertz CT molecular complexity index is 1150. The molecule has 172 valence electrons. The summed E-state index contributed by atoms with van der Waals surface area (Å²) in [6, 6.07) is 8.99. The van der Waals surface area contributed by atoms with Crippen molar-refractivity contribution < 1.29 is 14.6 Å². The normalized spacial score (nSPS) is 15.3. The van der Waals surface area contributed by atoms with Gasteiger partial charge >= 0.3 is 0 Å². The van der Waals surface area contributed by atoms with Gasteiger partial charge in [-0.3, -0.25) is 0 Å². The topological polar surface area (TPSA) is 135 Å². The minimum atomic E-state index is -0.809. The summed E-state index contributed by atoms with van der Waals surface area (Å²) in [6.07, 6.45) is 4.56. The highest BCUT2D eigenvalue weighted by Crippen LogP contribution is 2.31. The average molecular weight is 450 g/mol. The summed E-state index contributed by atoms with van der Waals surface area (Å²) in [6.45, 7) is 3.58. The predicted molar refractivity (Wildman–Crippen MR) is 121 cm³/mol. The molecular formula is C23H27N7O3. The summed E-state index contributed by atoms with van der Waals surface area (Å²) < 4.78 is 13.2. The van der Waals surface area contributed by atoms with Gasteiger partial charge in [-0.25, -0.2) is 9.67 Å². The number of aliphatic hydroxyl groups is 1. The molecule has 3 heterocycles. The molecule has 0 bridgehead atoms. The van der Waals surface area contributed by atoms with Crippen LogP contribution in [0.1, 0.15) is 35.9 Å². The fourth-order valence-electron chi connectivity index (χ4n) is 3.80. The summed E-state index contributed by atoms with van der Waals surface area (Å²) in [5, 5.41) is 23.7. The third kappa shape index (κ3) is 5.12. The minimum absolute atomic E-state index is 0.0903. The zero-order chi connectivity index (χ0) is 23.4. The van der Waals surface area contributed by atoms with E-state index in [4.69, 9.17) is 15.2 Å². The van der Waals surface area contributed by atoms with Crippen LogP contribution in [0.25, 0.3) is 5.69 Å². The molecule has 1 saturated heterocycles. The maximum Gasteiger partial charge on any atom is 0.224 e. The molecule has 33 heavy (non-hydrogen) atoms. The zero-order valence-electron chi connectivity index (χ0n) is 18.7. The summed E-state index contributed by atoms with van der Waals surface area (Å²) in [7, 11) is 1.74. The Labute approximate surface area is 192 Å². The first-order valence-corrected chi connectivity index (χ1v) is 10.8. The standard InChI is InChI=1S/C23H27N7O3/c1-15-27-22(29-7-5-18(32-2)6-8-29)10-23(28-15)33-21-9-16(11-24)3-4-19(21)30-14-17(13-26-30)20(31)12-25/h3-4,9-10,13-14,18,20,31H,5-8,12,25H2,1-2H3. The molecule has 3 N–H and O–H groups in total. The molecule has 1 fully saturated rings. The number of nitrogens with two attached hydrogens (primary N) is 1. The highest BCUT2D eigenvalue weighted by Gasteiger charge is 2.21. The second kappa shape index (κ2) is 9.95. The van der Waals surface area contributed by atoms with Gasteiger partial charge in [-0.2, -0.15) is 15.3 Å². The Hall–Kier alpha value is -3.52. The first-order valence-electron chi connectivity index (χ1n) is 10.8. The molecule has 4 rings (SSSR count). The second-order valence-corrected chi connectivity index (χ2v) is 7.90. The van der Waals surface area contributed by atoms with Crippen LogP contribution in [0.5, 0.6) is 11.6 Å². The van der Waals surface area contributed by atoms with Gasteiger partial charge in [0.2, 0.25) is 5.88 Å². The van der Waals surface area contributed by atoms with Gasteiger partial charge in [0.25, 0.3) is 0 Å². The number of hydrogen-bond donors (Lipinski definition) is 2. The van der Waals surface area contributed by atoms with Crippen LogP contribution in [0, 0.1) is 18.3 Å². The highest BCUT2D eigenvalue weighted by molar-refractivity contribution is 5.53. The van der Waals surface area contributed by atoms with E-state index in [1.54, 1.807) is 48.5 Å². The second-order valence-electron chi connectivity index (χ2n) is 7.90. The van der Waals surface area contributed by atoms with Gasteiger partial charge in [-0.05, 0) is 31.9 Å². The van der Waals surface area contributed by atoms with E-state index in [1.807, 2.05) is 6.92 Å². The molecule has 0 aliphatic carbocycles. The molecule has 0 spiro atoms. The van der Waals surface area contributed by atoms with Crippen molar-refractivity contribution in [3.63, 3.8) is 0 Å². The van der Waals surface area contributed by atoms with E-state index >= 15 is 0 Å². The SMILES string of the molecule is COC1CCN(c2cc(Oc3cc(C#N)ccc3-n3cc(C(O)CN)cn3)nc(C)n2)CC1. The zero-order valence-corrected chi connectivity index (χ0v) is 18.7. The van der Waals surface area contributed by atoms with Crippen molar-refractivity contribution in [3.8, 4) is 23.4 Å². The minimum Gasteiger partial charge on any atom is -0.437 e. The molecule has 1 unspecified atom stereocenters. The Balaban J connectivity index is 1.64. The van der Waals surface area contributed by atoms with Crippen molar-refractivity contribution in [2.75, 3.05) is 31.6 Å². The number of nitrogens with zero attached hydrogens (tertiary/aromatic N) is 6. The molecule has 0 amide bonds. The van der Waals surface area contributed by atoms with Crippen LogP contribution in [-0.2, 0) is 4.74 Å². The fraction of sp³-hybridized carbons (Fsp3) is 0.391. The molecule has 3 aromatic rings. The van der Waals surface area contributed by atoms with Crippen LogP contribution >= 0.6 is 0 Å². The number of aliphatic hydroxyl groups excluding tert-OH is 1. The lowest BCUT2D eigenvalue weighted by molar-refractivity contribution is 0.0818. The molecule has 1 aliphatic heterocycles. The molecule has 0 radical (unpaired) electrons. The average Bonchev–Trinajstić information content (AvgIpc) is 3.33. The maximum atomic E-state index is 10.0. The number of aromatic nitrogens is 4. The van der Waals surface area contributed by atoms with Crippen LogP contribution in [0.2, 0.25) is 0 Å². The number of rotatable bonds is 7. The van der Waals surface area contributed by atoms with Crippen molar-refractivity contribution >= 4 is 5.82 Å². The van der Waals surface area contributed by atoms with E-state index in [-0.39, 0.29) is 12.6 Å². The van der Waals surface area contributed by atoms with Gasteiger partial charge in [0.05, 0.1) is 30.0 Å². The van der Waals surface area contributed by atoms with Crippen molar-refractivity contribution in [2.24, 2.45) is 5.73 Å². The molecular weight excluding hydrogens is 422 g/mol. The van der Waals surface area contributed by atoms with Crippen molar-refractivity contribution in [3.05, 3.63) is 53.6 Å². The van der Waals surface area contributed by atoms with Gasteiger partial charge in [0.15, 0.2) is 5.75 Å². The number of anilines is 1. The Morgan fingerprint density at radius 2 is 2.06 bits per heavy atom. The van der Waals surface area contributed by atoms with Crippen molar-refractivity contribution in [1.29, 1.82) is 5.26 Å². The molecule has 10 heteroatoms. The lowest BCUT2D eigenvalue weighted by Crippen LogP contribution is -2.37. The lowest BCUT2D eigenvalue weighted by Gasteiger charge is -2.32. The third-order valence-electron chi connectivity index (χ3n) is 5.66. The molecule has 2 aromatic heterocycles. The quantitative estimate of drug-likeness (QED) is 0.556. The van der Waals surface area contributed by atoms with E-state index in [2.05, 4.69) is 26.0 Å². The number of aryl methyl sites for hydroxylation is 1. The maximum absolute atomic E-state index is 10.0. The largest absolute Gasteiger partial charge is 0.437 e.